The Labute approximate surface area is 101 Å². The van der Waals surface area contributed by atoms with Crippen LogP contribution in [0, 0.1) is 0 Å². The van der Waals surface area contributed by atoms with Gasteiger partial charge in [0.05, 0.1) is 12.7 Å². The van der Waals surface area contributed by atoms with Crippen LogP contribution in [0.1, 0.15) is 13.3 Å². The molecule has 2 rings (SSSR count). The second kappa shape index (κ2) is 5.89. The van der Waals surface area contributed by atoms with Crippen LogP contribution in [0.3, 0.4) is 0 Å². The molecule has 0 aliphatic carbocycles. The Hall–Kier alpha value is -1.26. The predicted molar refractivity (Wildman–Crippen MR) is 63.5 cm³/mol. The minimum absolute atomic E-state index is 0.251. The fourth-order valence-electron chi connectivity index (χ4n) is 1.32. The van der Waals surface area contributed by atoms with Crippen molar-refractivity contribution in [2.75, 3.05) is 19.8 Å². The molecular formula is C13H18O4. The second-order valence-corrected chi connectivity index (χ2v) is 4.11. The molecular weight excluding hydrogens is 220 g/mol. The largest absolute Gasteiger partial charge is 0.491 e. The molecule has 94 valence electrons. The molecule has 1 heterocycles. The van der Waals surface area contributed by atoms with Gasteiger partial charge < -0.3 is 19.3 Å². The highest BCUT2D eigenvalue weighted by atomic mass is 16.6. The number of hydrogen-bond acceptors (Lipinski definition) is 4. The SMILES string of the molecule is CCC(O)COc1cccc(OCC2CO2)c1. The lowest BCUT2D eigenvalue weighted by molar-refractivity contribution is 0.104. The van der Waals surface area contributed by atoms with Crippen LogP contribution in [0.4, 0.5) is 0 Å². The fraction of sp³-hybridized carbons (Fsp3) is 0.538. The van der Waals surface area contributed by atoms with Crippen LogP contribution in [0.2, 0.25) is 0 Å². The molecule has 0 amide bonds. The standard InChI is InChI=1S/C13H18O4/c1-2-10(14)7-15-11-4-3-5-12(6-11)16-8-13-9-17-13/h3-6,10,13-14H,2,7-9H2,1H3. The molecule has 1 aromatic rings. The Morgan fingerprint density at radius 1 is 1.41 bits per heavy atom. The normalized spacial score (nSPS) is 19.8. The summed E-state index contributed by atoms with van der Waals surface area (Å²) >= 11 is 0. The van der Waals surface area contributed by atoms with E-state index in [9.17, 15) is 5.11 Å². The molecule has 0 spiro atoms. The molecule has 1 aliphatic heterocycles. The zero-order valence-electron chi connectivity index (χ0n) is 9.96. The molecule has 0 saturated carbocycles. The van der Waals surface area contributed by atoms with E-state index >= 15 is 0 Å². The van der Waals surface area contributed by atoms with E-state index in [1.165, 1.54) is 0 Å². The van der Waals surface area contributed by atoms with Gasteiger partial charge in [0.15, 0.2) is 0 Å². The third-order valence-corrected chi connectivity index (χ3v) is 2.56. The van der Waals surface area contributed by atoms with Crippen LogP contribution in [0.15, 0.2) is 24.3 Å². The van der Waals surface area contributed by atoms with Crippen LogP contribution < -0.4 is 9.47 Å². The van der Waals surface area contributed by atoms with Crippen molar-refractivity contribution in [1.82, 2.24) is 0 Å². The number of benzene rings is 1. The molecule has 1 saturated heterocycles. The van der Waals surface area contributed by atoms with E-state index < -0.39 is 6.10 Å². The molecule has 4 heteroatoms. The molecule has 2 unspecified atom stereocenters. The zero-order chi connectivity index (χ0) is 12.1. The Kier molecular flexibility index (Phi) is 4.23. The maximum Gasteiger partial charge on any atom is 0.123 e. The molecule has 1 aromatic carbocycles. The number of rotatable bonds is 7. The molecule has 0 bridgehead atoms. The zero-order valence-corrected chi connectivity index (χ0v) is 9.96. The molecule has 2 atom stereocenters. The lowest BCUT2D eigenvalue weighted by atomic mass is 10.3. The Balaban J connectivity index is 1.82. The number of aliphatic hydroxyl groups is 1. The van der Waals surface area contributed by atoms with Crippen molar-refractivity contribution < 1.29 is 19.3 Å². The topological polar surface area (TPSA) is 51.2 Å². The van der Waals surface area contributed by atoms with Crippen molar-refractivity contribution >= 4 is 0 Å². The third-order valence-electron chi connectivity index (χ3n) is 2.56. The first-order chi connectivity index (χ1) is 8.28. The highest BCUT2D eigenvalue weighted by molar-refractivity contribution is 5.33. The van der Waals surface area contributed by atoms with E-state index in [-0.39, 0.29) is 6.10 Å². The van der Waals surface area contributed by atoms with Crippen LogP contribution in [-0.2, 0) is 4.74 Å². The van der Waals surface area contributed by atoms with Crippen LogP contribution in [0.5, 0.6) is 11.5 Å². The first kappa shape index (κ1) is 12.2. The second-order valence-electron chi connectivity index (χ2n) is 4.11. The quantitative estimate of drug-likeness (QED) is 0.733. The highest BCUT2D eigenvalue weighted by Crippen LogP contribution is 2.21. The molecule has 17 heavy (non-hydrogen) atoms. The summed E-state index contributed by atoms with van der Waals surface area (Å²) in [6, 6.07) is 7.43. The maximum absolute atomic E-state index is 9.40. The van der Waals surface area contributed by atoms with Crippen LogP contribution in [-0.4, -0.2) is 37.1 Å². The van der Waals surface area contributed by atoms with E-state index in [0.717, 1.165) is 12.4 Å². The van der Waals surface area contributed by atoms with Crippen LogP contribution >= 0.6 is 0 Å². The monoisotopic (exact) mass is 238 g/mol. The summed E-state index contributed by atoms with van der Waals surface area (Å²) in [5.41, 5.74) is 0. The minimum Gasteiger partial charge on any atom is -0.491 e. The number of hydrogen-bond donors (Lipinski definition) is 1. The van der Waals surface area contributed by atoms with Gasteiger partial charge in [0.2, 0.25) is 0 Å². The van der Waals surface area contributed by atoms with E-state index in [4.69, 9.17) is 14.2 Å². The molecule has 4 nitrogen and oxygen atoms in total. The summed E-state index contributed by atoms with van der Waals surface area (Å²) < 4.78 is 16.1. The van der Waals surface area contributed by atoms with Crippen molar-refractivity contribution in [1.29, 1.82) is 0 Å². The van der Waals surface area contributed by atoms with Gasteiger partial charge in [-0.1, -0.05) is 13.0 Å². The molecule has 0 aromatic heterocycles. The van der Waals surface area contributed by atoms with Gasteiger partial charge in [-0.25, -0.2) is 0 Å². The average molecular weight is 238 g/mol. The first-order valence-corrected chi connectivity index (χ1v) is 5.93. The molecule has 1 aliphatic rings. The van der Waals surface area contributed by atoms with Crippen LogP contribution in [0.25, 0.3) is 0 Å². The highest BCUT2D eigenvalue weighted by Gasteiger charge is 2.23. The van der Waals surface area contributed by atoms with Crippen molar-refractivity contribution in [2.45, 2.75) is 25.6 Å². The van der Waals surface area contributed by atoms with Gasteiger partial charge in [0.1, 0.15) is 30.8 Å². The van der Waals surface area contributed by atoms with E-state index in [1.807, 2.05) is 31.2 Å². The third kappa shape index (κ3) is 4.24. The summed E-state index contributed by atoms with van der Waals surface area (Å²) in [6.45, 7) is 3.61. The number of aliphatic hydroxyl groups excluding tert-OH is 1. The van der Waals surface area contributed by atoms with E-state index in [0.29, 0.717) is 25.4 Å². The molecule has 1 N–H and O–H groups in total. The Morgan fingerprint density at radius 2 is 2.12 bits per heavy atom. The average Bonchev–Trinajstić information content (AvgIpc) is 3.18. The van der Waals surface area contributed by atoms with E-state index in [1.54, 1.807) is 0 Å². The Bertz CT molecular complexity index is 349. The summed E-state index contributed by atoms with van der Waals surface area (Å²) in [7, 11) is 0. The summed E-state index contributed by atoms with van der Waals surface area (Å²) in [4.78, 5) is 0. The van der Waals surface area contributed by atoms with Gasteiger partial charge in [-0.05, 0) is 18.6 Å². The minimum atomic E-state index is -0.417. The molecule has 1 fully saturated rings. The predicted octanol–water partition coefficient (Wildman–Crippen LogP) is 1.61. The van der Waals surface area contributed by atoms with Crippen molar-refractivity contribution in [2.24, 2.45) is 0 Å². The molecule has 0 radical (unpaired) electrons. The summed E-state index contributed by atoms with van der Waals surface area (Å²) in [5, 5.41) is 9.40. The number of ether oxygens (including phenoxy) is 3. The lowest BCUT2D eigenvalue weighted by Gasteiger charge is -2.11. The summed E-state index contributed by atoms with van der Waals surface area (Å²) in [6.07, 6.45) is 0.524. The van der Waals surface area contributed by atoms with Crippen molar-refractivity contribution in [3.05, 3.63) is 24.3 Å². The lowest BCUT2D eigenvalue weighted by Crippen LogP contribution is -2.16. The smallest absolute Gasteiger partial charge is 0.123 e. The van der Waals surface area contributed by atoms with Crippen molar-refractivity contribution in [3.63, 3.8) is 0 Å². The first-order valence-electron chi connectivity index (χ1n) is 5.93. The van der Waals surface area contributed by atoms with Gasteiger partial charge >= 0.3 is 0 Å². The summed E-state index contributed by atoms with van der Waals surface area (Å²) in [5.74, 6) is 1.48. The van der Waals surface area contributed by atoms with E-state index in [2.05, 4.69) is 0 Å². The number of epoxide rings is 1. The van der Waals surface area contributed by atoms with Gasteiger partial charge in [0.25, 0.3) is 0 Å². The van der Waals surface area contributed by atoms with Gasteiger partial charge in [-0.2, -0.15) is 0 Å². The van der Waals surface area contributed by atoms with Gasteiger partial charge in [-0.3, -0.25) is 0 Å². The fourth-order valence-corrected chi connectivity index (χ4v) is 1.32. The van der Waals surface area contributed by atoms with Crippen molar-refractivity contribution in [3.8, 4) is 11.5 Å². The maximum atomic E-state index is 9.40. The van der Waals surface area contributed by atoms with Gasteiger partial charge in [-0.15, -0.1) is 0 Å². The van der Waals surface area contributed by atoms with Gasteiger partial charge in [0, 0.05) is 6.07 Å². The Morgan fingerprint density at radius 3 is 2.76 bits per heavy atom.